The Hall–Kier alpha value is -2.92. The minimum atomic E-state index is -0.636. The van der Waals surface area contributed by atoms with Crippen LogP contribution in [0, 0.1) is 11.7 Å². The molecular weight excluding hydrogens is 561 g/mol. The van der Waals surface area contributed by atoms with E-state index in [1.807, 2.05) is 0 Å². The molecule has 11 heteroatoms. The number of aromatic amines is 1. The van der Waals surface area contributed by atoms with Crippen molar-refractivity contribution in [3.63, 3.8) is 0 Å². The summed E-state index contributed by atoms with van der Waals surface area (Å²) < 4.78 is 17.3. The zero-order valence-electron chi connectivity index (χ0n) is 17.3. The van der Waals surface area contributed by atoms with Crippen molar-refractivity contribution in [2.24, 2.45) is 5.92 Å². The second-order valence-electron chi connectivity index (χ2n) is 7.66. The summed E-state index contributed by atoms with van der Waals surface area (Å²) in [4.78, 5) is 41.3. The number of aromatic nitrogens is 2. The summed E-state index contributed by atoms with van der Waals surface area (Å²) in [7, 11) is 0. The van der Waals surface area contributed by atoms with Gasteiger partial charge < -0.3 is 20.5 Å². The maximum Gasteiger partial charge on any atom is 0.321 e. The van der Waals surface area contributed by atoms with Crippen molar-refractivity contribution in [2.45, 2.75) is 6.42 Å². The fourth-order valence-corrected chi connectivity index (χ4v) is 4.29. The maximum absolute atomic E-state index is 14.6. The summed E-state index contributed by atoms with van der Waals surface area (Å²) in [5, 5.41) is 5.46. The third kappa shape index (κ3) is 5.36. The molecule has 3 amide bonds. The summed E-state index contributed by atoms with van der Waals surface area (Å²) in [6, 6.07) is 10.1. The molecule has 33 heavy (non-hydrogen) atoms. The Balaban J connectivity index is 1.32. The van der Waals surface area contributed by atoms with Crippen LogP contribution >= 0.6 is 31.9 Å². The van der Waals surface area contributed by atoms with E-state index in [9.17, 15) is 18.8 Å². The van der Waals surface area contributed by atoms with E-state index >= 15 is 0 Å². The number of carbonyl (C=O) groups excluding carboxylic acids is 2. The number of amides is 3. The molecule has 1 atom stereocenters. The van der Waals surface area contributed by atoms with Crippen LogP contribution in [0.3, 0.4) is 0 Å². The molecule has 0 aliphatic carbocycles. The number of nitrogens with one attached hydrogen (secondary N) is 3. The van der Waals surface area contributed by atoms with Crippen molar-refractivity contribution in [1.82, 2.24) is 19.8 Å². The van der Waals surface area contributed by atoms with Gasteiger partial charge in [-0.3, -0.25) is 14.2 Å². The minimum absolute atomic E-state index is 0.0346. The molecule has 8 nitrogen and oxygen atoms in total. The zero-order chi connectivity index (χ0) is 23.5. The molecular formula is C22H20Br2FN5O3. The normalized spacial score (nSPS) is 15.5. The molecule has 1 aromatic carbocycles. The van der Waals surface area contributed by atoms with Gasteiger partial charge in [-0.1, -0.05) is 6.07 Å². The van der Waals surface area contributed by atoms with E-state index in [0.717, 1.165) is 10.9 Å². The number of hydrogen-bond acceptors (Lipinski definition) is 3. The van der Waals surface area contributed by atoms with Crippen LogP contribution in [0.15, 0.2) is 62.5 Å². The van der Waals surface area contributed by atoms with Crippen molar-refractivity contribution in [2.75, 3.05) is 25.0 Å². The first-order valence-corrected chi connectivity index (χ1v) is 11.8. The third-order valence-corrected chi connectivity index (χ3v) is 7.17. The van der Waals surface area contributed by atoms with E-state index in [1.54, 1.807) is 35.4 Å². The lowest BCUT2D eigenvalue weighted by Crippen LogP contribution is -2.35. The van der Waals surface area contributed by atoms with E-state index < -0.39 is 11.8 Å². The highest BCUT2D eigenvalue weighted by Crippen LogP contribution is 2.24. The average Bonchev–Trinajstić information content (AvgIpc) is 3.40. The van der Waals surface area contributed by atoms with Crippen LogP contribution < -0.4 is 16.2 Å². The predicted molar refractivity (Wildman–Crippen MR) is 129 cm³/mol. The standard InChI is InChI=1S/C22H20Br2FN5O3/c23-15-10-18(27-20(15)24)21(32)26-11-13-6-8-29(12-13)22(33)28-17-5-4-14(9-16(17)25)30-7-2-1-3-19(30)31/h1-5,7,9-10,13,27H,6,8,11-12H2,(H,26,32)(H,28,33)/t13-/m1/s1. The Morgan fingerprint density at radius 1 is 1.18 bits per heavy atom. The number of H-pyrrole nitrogens is 1. The Bertz CT molecular complexity index is 1240. The molecule has 0 bridgehead atoms. The van der Waals surface area contributed by atoms with Gasteiger partial charge in [-0.2, -0.15) is 0 Å². The number of anilines is 1. The lowest BCUT2D eigenvalue weighted by atomic mass is 10.1. The van der Waals surface area contributed by atoms with Gasteiger partial charge in [-0.05, 0) is 68.5 Å². The number of benzene rings is 1. The van der Waals surface area contributed by atoms with Gasteiger partial charge in [-0.25, -0.2) is 9.18 Å². The van der Waals surface area contributed by atoms with Gasteiger partial charge >= 0.3 is 6.03 Å². The van der Waals surface area contributed by atoms with Crippen LogP contribution in [0.5, 0.6) is 0 Å². The van der Waals surface area contributed by atoms with Crippen LogP contribution in [0.1, 0.15) is 16.9 Å². The molecule has 3 N–H and O–H groups in total. The molecule has 2 aromatic heterocycles. The summed E-state index contributed by atoms with van der Waals surface area (Å²) in [5.41, 5.74) is 0.556. The quantitative estimate of drug-likeness (QED) is 0.423. The first-order valence-electron chi connectivity index (χ1n) is 10.2. The van der Waals surface area contributed by atoms with Gasteiger partial charge in [0.2, 0.25) is 0 Å². The number of pyridine rings is 1. The molecule has 3 aromatic rings. The molecule has 1 aliphatic rings. The highest BCUT2D eigenvalue weighted by molar-refractivity contribution is 9.13. The molecule has 3 heterocycles. The first-order chi connectivity index (χ1) is 15.8. The number of hydrogen-bond donors (Lipinski definition) is 3. The highest BCUT2D eigenvalue weighted by Gasteiger charge is 2.27. The first kappa shape index (κ1) is 23.2. The fourth-order valence-electron chi connectivity index (χ4n) is 3.63. The topological polar surface area (TPSA) is 99.2 Å². The number of likely N-dealkylation sites (tertiary alicyclic amines) is 1. The van der Waals surface area contributed by atoms with Crippen molar-refractivity contribution in [3.05, 3.63) is 79.6 Å². The van der Waals surface area contributed by atoms with Crippen LogP contribution in [-0.2, 0) is 0 Å². The predicted octanol–water partition coefficient (Wildman–Crippen LogP) is 4.11. The van der Waals surface area contributed by atoms with Gasteiger partial charge in [0.1, 0.15) is 11.5 Å². The summed E-state index contributed by atoms with van der Waals surface area (Å²) in [5.74, 6) is -0.773. The van der Waals surface area contributed by atoms with Crippen molar-refractivity contribution < 1.29 is 14.0 Å². The van der Waals surface area contributed by atoms with Gasteiger partial charge in [0, 0.05) is 38.0 Å². The van der Waals surface area contributed by atoms with E-state index in [-0.39, 0.29) is 23.1 Å². The second-order valence-corrected chi connectivity index (χ2v) is 9.31. The lowest BCUT2D eigenvalue weighted by molar-refractivity contribution is 0.0943. The van der Waals surface area contributed by atoms with Crippen molar-refractivity contribution in [1.29, 1.82) is 0 Å². The molecule has 1 saturated heterocycles. The molecule has 0 radical (unpaired) electrons. The maximum atomic E-state index is 14.6. The van der Waals surface area contributed by atoms with Crippen LogP contribution in [0.25, 0.3) is 5.69 Å². The van der Waals surface area contributed by atoms with Crippen LogP contribution in [0.4, 0.5) is 14.9 Å². The van der Waals surface area contributed by atoms with E-state index in [4.69, 9.17) is 0 Å². The summed E-state index contributed by atoms with van der Waals surface area (Å²) in [6.07, 6.45) is 2.27. The van der Waals surface area contributed by atoms with Crippen LogP contribution in [-0.4, -0.2) is 46.0 Å². The molecule has 172 valence electrons. The SMILES string of the molecule is O=C(NC[C@H]1CCN(C(=O)Nc2ccc(-n3ccccc3=O)cc2F)C1)c1cc(Br)c(Br)[nH]1. The zero-order valence-corrected chi connectivity index (χ0v) is 20.4. The van der Waals surface area contributed by atoms with Crippen molar-refractivity contribution in [3.8, 4) is 5.69 Å². The Labute approximate surface area is 205 Å². The summed E-state index contributed by atoms with van der Waals surface area (Å²) >= 11 is 6.63. The Kier molecular flexibility index (Phi) is 6.99. The molecule has 1 fully saturated rings. The monoisotopic (exact) mass is 579 g/mol. The smallest absolute Gasteiger partial charge is 0.321 e. The molecule has 0 unspecified atom stereocenters. The van der Waals surface area contributed by atoms with E-state index in [1.165, 1.54) is 22.8 Å². The average molecular weight is 581 g/mol. The highest BCUT2D eigenvalue weighted by atomic mass is 79.9. The Morgan fingerprint density at radius 3 is 2.70 bits per heavy atom. The number of urea groups is 1. The number of halogens is 3. The minimum Gasteiger partial charge on any atom is -0.350 e. The fraction of sp³-hybridized carbons (Fsp3) is 0.227. The second kappa shape index (κ2) is 9.92. The number of nitrogens with zero attached hydrogens (tertiary/aromatic N) is 2. The Morgan fingerprint density at radius 2 is 2.00 bits per heavy atom. The third-order valence-electron chi connectivity index (χ3n) is 5.39. The number of carbonyl (C=O) groups is 2. The molecule has 0 saturated carbocycles. The van der Waals surface area contributed by atoms with Gasteiger partial charge in [0.25, 0.3) is 11.5 Å². The van der Waals surface area contributed by atoms with Crippen LogP contribution in [0.2, 0.25) is 0 Å². The van der Waals surface area contributed by atoms with Crippen molar-refractivity contribution >= 4 is 49.5 Å². The largest absolute Gasteiger partial charge is 0.350 e. The lowest BCUT2D eigenvalue weighted by Gasteiger charge is -2.18. The number of rotatable bonds is 5. The van der Waals surface area contributed by atoms with E-state index in [0.29, 0.717) is 35.6 Å². The van der Waals surface area contributed by atoms with Gasteiger partial charge in [0.05, 0.1) is 20.5 Å². The van der Waals surface area contributed by atoms with Gasteiger partial charge in [0.15, 0.2) is 0 Å². The summed E-state index contributed by atoms with van der Waals surface area (Å²) in [6.45, 7) is 1.38. The molecule has 0 spiro atoms. The van der Waals surface area contributed by atoms with E-state index in [2.05, 4.69) is 47.5 Å². The molecule has 1 aliphatic heterocycles. The van der Waals surface area contributed by atoms with Gasteiger partial charge in [-0.15, -0.1) is 0 Å². The molecule has 4 rings (SSSR count).